The van der Waals surface area contributed by atoms with Crippen molar-refractivity contribution in [1.82, 2.24) is 0 Å². The summed E-state index contributed by atoms with van der Waals surface area (Å²) in [5.74, 6) is -4.14. The highest BCUT2D eigenvalue weighted by atomic mass is 16.5. The molecule has 0 aromatic heterocycles. The number of anilines is 1. The van der Waals surface area contributed by atoms with Gasteiger partial charge in [-0.25, -0.2) is 0 Å². The summed E-state index contributed by atoms with van der Waals surface area (Å²) in [4.78, 5) is 60.0. The van der Waals surface area contributed by atoms with Gasteiger partial charge < -0.3 is 9.84 Å². The van der Waals surface area contributed by atoms with Crippen molar-refractivity contribution in [2.75, 3.05) is 12.0 Å². The summed E-state index contributed by atoms with van der Waals surface area (Å²) < 4.78 is 5.55. The number of carbonyl (C=O) groups excluding carboxylic acids is 4. The number of hydrogen-bond acceptors (Lipinski definition) is 6. The molecular weight excluding hydrogens is 626 g/mol. The maximum Gasteiger partial charge on any atom is 0.238 e. The number of ether oxygens (including phenoxy) is 1. The first kappa shape index (κ1) is 31.4. The number of hydrogen-bond donors (Lipinski definition) is 1. The minimum absolute atomic E-state index is 0.0569. The summed E-state index contributed by atoms with van der Waals surface area (Å²) in [7, 11) is 1.46. The van der Waals surface area contributed by atoms with E-state index in [-0.39, 0.29) is 41.3 Å². The first-order valence-electron chi connectivity index (χ1n) is 16.9. The number of phenolic OH excluding ortho intramolecular Hbond substituents is 1. The Kier molecular flexibility index (Phi) is 7.52. The van der Waals surface area contributed by atoms with E-state index in [1.54, 1.807) is 30.3 Å². The highest BCUT2D eigenvalue weighted by molar-refractivity contribution is 6.32. The van der Waals surface area contributed by atoms with Crippen molar-refractivity contribution in [1.29, 1.82) is 0 Å². The number of aromatic hydroxyl groups is 1. The van der Waals surface area contributed by atoms with E-state index >= 15 is 9.59 Å². The molecule has 2 amide bonds. The summed E-state index contributed by atoms with van der Waals surface area (Å²) in [5, 5.41) is 10.6. The third-order valence-corrected chi connectivity index (χ3v) is 11.3. The predicted molar refractivity (Wildman–Crippen MR) is 190 cm³/mol. The number of carbonyl (C=O) groups is 4. The average molecular weight is 662 g/mol. The number of fused-ring (bicyclic) bond motifs is 4. The number of allylic oxidation sites excluding steroid dienone is 4. The highest BCUT2D eigenvalue weighted by Crippen LogP contribution is 2.64. The second-order valence-electron chi connectivity index (χ2n) is 13.5. The normalized spacial score (nSPS) is 27.1. The van der Waals surface area contributed by atoms with Crippen LogP contribution in [0.4, 0.5) is 5.69 Å². The lowest BCUT2D eigenvalue weighted by Gasteiger charge is -2.55. The molecular formula is C43H35NO6. The van der Waals surface area contributed by atoms with Crippen LogP contribution in [0.5, 0.6) is 11.5 Å². The van der Waals surface area contributed by atoms with Crippen molar-refractivity contribution in [2.45, 2.75) is 24.2 Å². The molecule has 1 N–H and O–H groups in total. The molecule has 7 nitrogen and oxygen atoms in total. The number of imide groups is 1. The van der Waals surface area contributed by atoms with Crippen LogP contribution in [0.15, 0.2) is 127 Å². The van der Waals surface area contributed by atoms with E-state index < -0.39 is 35.0 Å². The van der Waals surface area contributed by atoms with Gasteiger partial charge in [-0.3, -0.25) is 24.1 Å². The molecule has 4 aromatic carbocycles. The maximum atomic E-state index is 15.1. The fourth-order valence-electron chi connectivity index (χ4n) is 9.14. The molecule has 1 aliphatic heterocycles. The highest BCUT2D eigenvalue weighted by Gasteiger charge is 2.66. The van der Waals surface area contributed by atoms with Crippen LogP contribution in [0.25, 0.3) is 11.6 Å². The number of benzene rings is 4. The fourth-order valence-corrected chi connectivity index (χ4v) is 9.14. The van der Waals surface area contributed by atoms with Crippen molar-refractivity contribution in [3.8, 4) is 11.5 Å². The van der Waals surface area contributed by atoms with E-state index in [1.165, 1.54) is 24.2 Å². The Bertz CT molecular complexity index is 2130. The van der Waals surface area contributed by atoms with E-state index in [0.29, 0.717) is 34.4 Å². The number of methoxy groups -OCH3 is 1. The quantitative estimate of drug-likeness (QED) is 0.175. The Hall–Kier alpha value is -5.82. The monoisotopic (exact) mass is 661 g/mol. The van der Waals surface area contributed by atoms with Crippen molar-refractivity contribution in [3.05, 3.63) is 150 Å². The molecule has 248 valence electrons. The largest absolute Gasteiger partial charge is 0.504 e. The lowest BCUT2D eigenvalue weighted by Crippen LogP contribution is -2.58. The van der Waals surface area contributed by atoms with Crippen LogP contribution in [0, 0.1) is 23.7 Å². The third kappa shape index (κ3) is 4.49. The zero-order valence-corrected chi connectivity index (χ0v) is 27.5. The Morgan fingerprint density at radius 3 is 2.24 bits per heavy atom. The van der Waals surface area contributed by atoms with Crippen molar-refractivity contribution < 1.29 is 29.0 Å². The predicted octanol–water partition coefficient (Wildman–Crippen LogP) is 7.07. The molecule has 1 heterocycles. The first-order valence-corrected chi connectivity index (χ1v) is 16.9. The van der Waals surface area contributed by atoms with E-state index in [4.69, 9.17) is 4.74 Å². The van der Waals surface area contributed by atoms with E-state index in [9.17, 15) is 14.7 Å². The molecule has 0 spiro atoms. The summed E-state index contributed by atoms with van der Waals surface area (Å²) in [6, 6.07) is 30.8. The Labute approximate surface area is 290 Å². The lowest BCUT2D eigenvalue weighted by atomic mass is 9.44. The second-order valence-corrected chi connectivity index (χ2v) is 13.5. The molecule has 0 radical (unpaired) electrons. The van der Waals surface area contributed by atoms with Gasteiger partial charge >= 0.3 is 0 Å². The minimum Gasteiger partial charge on any atom is -0.504 e. The first-order chi connectivity index (χ1) is 24.3. The molecule has 7 heteroatoms. The number of Topliss-reactive ketones (excluding diaryl/α,β-unsaturated/α-hetero) is 1. The Balaban J connectivity index is 1.35. The molecule has 6 atom stereocenters. The number of rotatable bonds is 6. The molecule has 2 fully saturated rings. The summed E-state index contributed by atoms with van der Waals surface area (Å²) in [6.45, 7) is 3.80. The topological polar surface area (TPSA) is 101 Å². The zero-order chi connectivity index (χ0) is 34.7. The van der Waals surface area contributed by atoms with Crippen molar-refractivity contribution >= 4 is 40.7 Å². The van der Waals surface area contributed by atoms with Gasteiger partial charge in [0.25, 0.3) is 0 Å². The Morgan fingerprint density at radius 1 is 0.860 bits per heavy atom. The van der Waals surface area contributed by atoms with Crippen LogP contribution >= 0.6 is 0 Å². The van der Waals surface area contributed by atoms with Crippen LogP contribution in [0.2, 0.25) is 0 Å². The number of phenols is 1. The van der Waals surface area contributed by atoms with Gasteiger partial charge in [0.05, 0.1) is 30.0 Å². The van der Waals surface area contributed by atoms with E-state index in [0.717, 1.165) is 11.1 Å². The molecule has 8 rings (SSSR count). The van der Waals surface area contributed by atoms with Crippen molar-refractivity contribution in [2.24, 2.45) is 23.7 Å². The van der Waals surface area contributed by atoms with E-state index in [2.05, 4.69) is 6.58 Å². The minimum atomic E-state index is -1.36. The molecule has 1 saturated carbocycles. The van der Waals surface area contributed by atoms with Crippen molar-refractivity contribution in [3.63, 3.8) is 0 Å². The molecule has 0 unspecified atom stereocenters. The Morgan fingerprint density at radius 2 is 1.56 bits per heavy atom. The number of nitrogens with zero attached hydrogens (tertiary/aromatic N) is 1. The number of ketones is 2. The summed E-state index contributed by atoms with van der Waals surface area (Å²) in [6.07, 6.45) is 5.76. The fraction of sp³-hybridized carbons (Fsp3) is 0.209. The molecule has 3 aliphatic carbocycles. The molecule has 4 aliphatic rings. The molecule has 50 heavy (non-hydrogen) atoms. The second kappa shape index (κ2) is 11.9. The van der Waals surface area contributed by atoms with Crippen LogP contribution in [-0.2, 0) is 24.6 Å². The van der Waals surface area contributed by atoms with Gasteiger partial charge in [0.1, 0.15) is 0 Å². The SMILES string of the molecule is C=Cc1ccc(N2C(=O)[C@H]3[C@H](CC=C4[C@H]3C[C@H]3C(=O)C(c5ccccc5)=CC(=O)[C@@]3(c3ccccc3)[C@H]4c3ccc(O)c(OC)c3)C2=O)cc1. The molecule has 1 saturated heterocycles. The maximum absolute atomic E-state index is 15.1. The molecule has 0 bridgehead atoms. The zero-order valence-electron chi connectivity index (χ0n) is 27.5. The van der Waals surface area contributed by atoms with E-state index in [1.807, 2.05) is 78.9 Å². The lowest BCUT2D eigenvalue weighted by molar-refractivity contribution is -0.135. The van der Waals surface area contributed by atoms with Gasteiger partial charge in [-0.2, -0.15) is 0 Å². The summed E-state index contributed by atoms with van der Waals surface area (Å²) >= 11 is 0. The third-order valence-electron chi connectivity index (χ3n) is 11.3. The standard InChI is InChI=1S/C43H35NO6/c1-3-25-14-17-29(18-15-25)44-41(48)31-20-19-30-33(38(31)42(44)49)23-34-40(47)32(26-10-6-4-7-11-26)24-37(46)43(34,28-12-8-5-9-13-28)39(30)27-16-21-35(45)36(22-27)50-2/h3-19,21-22,24,31,33-34,38-39,45H,1,20,23H2,2H3/t31-,33+,34-,38-,39-,43-/m0/s1. The van der Waals surface area contributed by atoms with Gasteiger partial charge in [0.2, 0.25) is 11.8 Å². The van der Waals surface area contributed by atoms with Gasteiger partial charge in [-0.15, -0.1) is 0 Å². The van der Waals surface area contributed by atoms with Crippen LogP contribution in [0.3, 0.4) is 0 Å². The summed E-state index contributed by atoms with van der Waals surface area (Å²) in [5.41, 5.74) is 3.22. The van der Waals surface area contributed by atoms with Crippen LogP contribution in [-0.4, -0.2) is 35.6 Å². The van der Waals surface area contributed by atoms with Gasteiger partial charge in [-0.1, -0.05) is 103 Å². The average Bonchev–Trinajstić information content (AvgIpc) is 3.42. The smallest absolute Gasteiger partial charge is 0.238 e. The van der Waals surface area contributed by atoms with Crippen LogP contribution < -0.4 is 9.64 Å². The van der Waals surface area contributed by atoms with Gasteiger partial charge in [0.15, 0.2) is 23.1 Å². The van der Waals surface area contributed by atoms with Gasteiger partial charge in [-0.05, 0) is 71.4 Å². The van der Waals surface area contributed by atoms with Gasteiger partial charge in [0, 0.05) is 17.4 Å². The molecule has 4 aromatic rings. The van der Waals surface area contributed by atoms with Crippen LogP contribution in [0.1, 0.15) is 41.0 Å². The number of amides is 2.